The van der Waals surface area contributed by atoms with Crippen LogP contribution in [-0.2, 0) is 0 Å². The average Bonchev–Trinajstić information content (AvgIpc) is 2.78. The first-order valence-corrected chi connectivity index (χ1v) is 19.5. The number of hydrogen-bond acceptors (Lipinski definition) is 0. The summed E-state index contributed by atoms with van der Waals surface area (Å²) in [5.41, 5.74) is 0. The van der Waals surface area contributed by atoms with Crippen molar-refractivity contribution in [3.05, 3.63) is 115 Å². The van der Waals surface area contributed by atoms with Crippen molar-refractivity contribution < 1.29 is 0 Å². The molecule has 0 aliphatic carbocycles. The molecule has 0 unspecified atom stereocenters. The van der Waals surface area contributed by atoms with Gasteiger partial charge in [-0.1, -0.05) is 146 Å². The second-order valence-electron chi connectivity index (χ2n) is 8.40. The Labute approximate surface area is 225 Å². The minimum absolute atomic E-state index is 1.11. The molecule has 32 heavy (non-hydrogen) atoms. The summed E-state index contributed by atoms with van der Waals surface area (Å²) in [5.74, 6) is 0. The van der Waals surface area contributed by atoms with Gasteiger partial charge in [-0.2, -0.15) is 0 Å². The standard InChI is InChI=1S/C26H22Br4Si2/c1-31(2,23-11-3-19(27)4-12-23)32(24-13-5-20(28)6-14-24,25-15-7-21(29)8-16-25)26-17-9-22(30)10-18-26/h3-18H,1-2H3. The Hall–Kier alpha value is -0.766. The molecule has 4 aromatic carbocycles. The van der Waals surface area contributed by atoms with Crippen LogP contribution in [0.3, 0.4) is 0 Å². The summed E-state index contributed by atoms with van der Waals surface area (Å²) in [5, 5.41) is 5.82. The van der Waals surface area contributed by atoms with Crippen molar-refractivity contribution in [2.24, 2.45) is 0 Å². The molecular weight excluding hydrogens is 688 g/mol. The summed E-state index contributed by atoms with van der Waals surface area (Å²) in [6, 6.07) is 36.3. The maximum Gasteiger partial charge on any atom is 0.144 e. The zero-order valence-corrected chi connectivity index (χ0v) is 26.1. The molecule has 0 aliphatic heterocycles. The molecule has 162 valence electrons. The van der Waals surface area contributed by atoms with Crippen molar-refractivity contribution in [1.29, 1.82) is 0 Å². The molecule has 0 saturated carbocycles. The van der Waals surface area contributed by atoms with E-state index in [1.807, 2.05) is 0 Å². The monoisotopic (exact) mass is 706 g/mol. The molecule has 0 N–H and O–H groups in total. The van der Waals surface area contributed by atoms with E-state index >= 15 is 0 Å². The first-order chi connectivity index (χ1) is 15.2. The predicted molar refractivity (Wildman–Crippen MR) is 158 cm³/mol. The van der Waals surface area contributed by atoms with Crippen LogP contribution in [0.5, 0.6) is 0 Å². The van der Waals surface area contributed by atoms with Gasteiger partial charge in [-0.05, 0) is 48.5 Å². The van der Waals surface area contributed by atoms with E-state index in [-0.39, 0.29) is 0 Å². The molecule has 6 heteroatoms. The summed E-state index contributed by atoms with van der Waals surface area (Å²) in [4.78, 5) is 0. The van der Waals surface area contributed by atoms with Gasteiger partial charge in [0.2, 0.25) is 0 Å². The maximum absolute atomic E-state index is 3.66. The second kappa shape index (κ2) is 9.84. The van der Waals surface area contributed by atoms with Gasteiger partial charge < -0.3 is 0 Å². The molecule has 0 aliphatic rings. The van der Waals surface area contributed by atoms with E-state index in [0.717, 1.165) is 17.9 Å². The summed E-state index contributed by atoms with van der Waals surface area (Å²) < 4.78 is 4.45. The molecule has 0 heterocycles. The van der Waals surface area contributed by atoms with Crippen LogP contribution in [0.1, 0.15) is 0 Å². The zero-order valence-electron chi connectivity index (χ0n) is 17.7. The van der Waals surface area contributed by atoms with E-state index in [9.17, 15) is 0 Å². The molecule has 0 nitrogen and oxygen atoms in total. The van der Waals surface area contributed by atoms with Crippen molar-refractivity contribution in [3.63, 3.8) is 0 Å². The number of halogens is 4. The highest BCUT2D eigenvalue weighted by Crippen LogP contribution is 2.24. The predicted octanol–water partition coefficient (Wildman–Crippen LogP) is 6.90. The summed E-state index contributed by atoms with van der Waals surface area (Å²) in [6.45, 7) is 5.10. The largest absolute Gasteiger partial charge is 0.144 e. The number of benzene rings is 4. The van der Waals surface area contributed by atoms with E-state index in [2.05, 4.69) is 174 Å². The fourth-order valence-electron chi connectivity index (χ4n) is 4.77. The summed E-state index contributed by atoms with van der Waals surface area (Å²) >= 11 is 14.6. The van der Waals surface area contributed by atoms with E-state index in [1.165, 1.54) is 20.7 Å². The molecule has 0 aromatic heterocycles. The Bertz CT molecular complexity index is 1090. The molecule has 0 saturated heterocycles. The molecular formula is C26H22Br4Si2. The van der Waals surface area contributed by atoms with Crippen LogP contribution in [-0.4, -0.2) is 15.2 Å². The summed E-state index contributed by atoms with van der Waals surface area (Å²) in [6.07, 6.45) is 0. The lowest BCUT2D eigenvalue weighted by atomic mass is 10.3. The third-order valence-corrected chi connectivity index (χ3v) is 24.8. The van der Waals surface area contributed by atoms with Crippen LogP contribution >= 0.6 is 63.7 Å². The molecule has 0 amide bonds. The molecule has 0 radical (unpaired) electrons. The van der Waals surface area contributed by atoms with E-state index in [4.69, 9.17) is 0 Å². The van der Waals surface area contributed by atoms with Crippen LogP contribution in [0.25, 0.3) is 0 Å². The Morgan fingerprint density at radius 1 is 0.375 bits per heavy atom. The van der Waals surface area contributed by atoms with Crippen LogP contribution in [0, 0.1) is 0 Å². The van der Waals surface area contributed by atoms with Gasteiger partial charge in [-0.3, -0.25) is 0 Å². The Morgan fingerprint density at radius 3 is 0.844 bits per heavy atom. The average molecular weight is 710 g/mol. The van der Waals surface area contributed by atoms with Crippen molar-refractivity contribution in [2.45, 2.75) is 13.1 Å². The number of rotatable bonds is 5. The Kier molecular flexibility index (Phi) is 7.49. The lowest BCUT2D eigenvalue weighted by molar-refractivity contribution is 1.62. The highest BCUT2D eigenvalue weighted by Gasteiger charge is 2.53. The molecule has 0 bridgehead atoms. The fraction of sp³-hybridized carbons (Fsp3) is 0.0769. The van der Waals surface area contributed by atoms with E-state index in [1.54, 1.807) is 0 Å². The maximum atomic E-state index is 3.66. The van der Waals surface area contributed by atoms with E-state index < -0.39 is 15.2 Å². The topological polar surface area (TPSA) is 0 Å². The van der Waals surface area contributed by atoms with Crippen molar-refractivity contribution in [2.75, 3.05) is 0 Å². The van der Waals surface area contributed by atoms with Gasteiger partial charge >= 0.3 is 0 Å². The number of hydrogen-bond donors (Lipinski definition) is 0. The first-order valence-electron chi connectivity index (χ1n) is 10.3. The van der Waals surface area contributed by atoms with Gasteiger partial charge in [0.05, 0.1) is 7.59 Å². The van der Waals surface area contributed by atoms with Gasteiger partial charge in [0.15, 0.2) is 0 Å². The SMILES string of the molecule is C[Si](C)(c1ccc(Br)cc1)[Si](c1ccc(Br)cc1)(c1ccc(Br)cc1)c1ccc(Br)cc1. The molecule has 4 rings (SSSR count). The van der Waals surface area contributed by atoms with Crippen molar-refractivity contribution in [1.82, 2.24) is 0 Å². The van der Waals surface area contributed by atoms with Crippen LogP contribution in [0.2, 0.25) is 13.1 Å². The zero-order chi connectivity index (χ0) is 22.9. The second-order valence-corrected chi connectivity index (χ2v) is 25.1. The molecule has 4 aromatic rings. The third kappa shape index (κ3) is 4.47. The summed E-state index contributed by atoms with van der Waals surface area (Å²) in [7, 11) is -4.50. The van der Waals surface area contributed by atoms with Crippen LogP contribution in [0.15, 0.2) is 115 Å². The Morgan fingerprint density at radius 2 is 0.594 bits per heavy atom. The normalized spacial score (nSPS) is 12.1. The van der Waals surface area contributed by atoms with Gasteiger partial charge in [0.25, 0.3) is 0 Å². The molecule has 0 fully saturated rings. The highest BCUT2D eigenvalue weighted by molar-refractivity contribution is 9.11. The van der Waals surface area contributed by atoms with Crippen LogP contribution < -0.4 is 20.7 Å². The van der Waals surface area contributed by atoms with Gasteiger partial charge in [0.1, 0.15) is 7.59 Å². The minimum Gasteiger partial charge on any atom is -0.0665 e. The highest BCUT2D eigenvalue weighted by atomic mass is 79.9. The van der Waals surface area contributed by atoms with Gasteiger partial charge in [0, 0.05) is 17.9 Å². The first kappa shape index (κ1) is 24.4. The fourth-order valence-corrected chi connectivity index (χ4v) is 22.2. The third-order valence-electron chi connectivity index (χ3n) is 6.34. The minimum atomic E-state index is -2.42. The lowest BCUT2D eigenvalue weighted by Crippen LogP contribution is -2.84. The van der Waals surface area contributed by atoms with Gasteiger partial charge in [-0.15, -0.1) is 0 Å². The van der Waals surface area contributed by atoms with Crippen molar-refractivity contribution >= 4 is 99.6 Å². The quantitative estimate of drug-likeness (QED) is 0.156. The van der Waals surface area contributed by atoms with Gasteiger partial charge in [-0.25, -0.2) is 0 Å². The van der Waals surface area contributed by atoms with Crippen LogP contribution in [0.4, 0.5) is 0 Å². The van der Waals surface area contributed by atoms with E-state index in [0.29, 0.717) is 0 Å². The smallest absolute Gasteiger partial charge is 0.0665 e. The molecule has 0 atom stereocenters. The lowest BCUT2D eigenvalue weighted by Gasteiger charge is -2.46. The Balaban J connectivity index is 2.13. The molecule has 0 spiro atoms. The van der Waals surface area contributed by atoms with Crippen molar-refractivity contribution in [3.8, 4) is 0 Å².